The molecular formula is C11H15NO5. The van der Waals surface area contributed by atoms with Crippen molar-refractivity contribution in [1.29, 1.82) is 0 Å². The van der Waals surface area contributed by atoms with E-state index in [4.69, 9.17) is 4.74 Å². The molecular weight excluding hydrogens is 226 g/mol. The van der Waals surface area contributed by atoms with Gasteiger partial charge in [-0.1, -0.05) is 0 Å². The number of aliphatic hydroxyl groups excluding tert-OH is 2. The molecule has 0 aliphatic rings. The van der Waals surface area contributed by atoms with Gasteiger partial charge >= 0.3 is 5.97 Å². The fourth-order valence-corrected chi connectivity index (χ4v) is 1.26. The van der Waals surface area contributed by atoms with Crippen molar-refractivity contribution in [2.45, 2.75) is 32.2 Å². The van der Waals surface area contributed by atoms with E-state index in [1.807, 2.05) is 0 Å². The number of carbonyl (C=O) groups is 1. The Kier molecular flexibility index (Phi) is 4.42. The number of ether oxygens (including phenoxy) is 1. The van der Waals surface area contributed by atoms with Crippen molar-refractivity contribution in [1.82, 2.24) is 0 Å². The van der Waals surface area contributed by atoms with E-state index in [0.717, 1.165) is 0 Å². The monoisotopic (exact) mass is 241 g/mol. The van der Waals surface area contributed by atoms with E-state index in [1.54, 1.807) is 13.8 Å². The molecule has 0 bridgehead atoms. The van der Waals surface area contributed by atoms with Crippen molar-refractivity contribution in [2.24, 2.45) is 0 Å². The second-order valence-corrected chi connectivity index (χ2v) is 3.83. The molecule has 0 saturated carbocycles. The SMILES string of the molecule is CC(C)OC(=O)[C@H](O)[C@@H](O)c1cccc[n+]1[O-]. The molecule has 94 valence electrons. The van der Waals surface area contributed by atoms with E-state index in [9.17, 15) is 20.2 Å². The molecule has 0 aliphatic carbocycles. The first-order valence-corrected chi connectivity index (χ1v) is 5.18. The van der Waals surface area contributed by atoms with Crippen LogP contribution in [0.25, 0.3) is 0 Å². The van der Waals surface area contributed by atoms with E-state index in [1.165, 1.54) is 24.4 Å². The van der Waals surface area contributed by atoms with E-state index in [0.29, 0.717) is 4.73 Å². The van der Waals surface area contributed by atoms with Gasteiger partial charge in [-0.3, -0.25) is 0 Å². The van der Waals surface area contributed by atoms with Crippen molar-refractivity contribution in [3.05, 3.63) is 35.3 Å². The quantitative estimate of drug-likeness (QED) is 0.427. The normalized spacial score (nSPS) is 14.4. The number of carbonyl (C=O) groups excluding carboxylic acids is 1. The lowest BCUT2D eigenvalue weighted by molar-refractivity contribution is -0.619. The van der Waals surface area contributed by atoms with Crippen LogP contribution in [0.3, 0.4) is 0 Å². The molecule has 17 heavy (non-hydrogen) atoms. The predicted octanol–water partition coefficient (Wildman–Crippen LogP) is -0.334. The van der Waals surface area contributed by atoms with Crippen LogP contribution in [0, 0.1) is 5.21 Å². The zero-order chi connectivity index (χ0) is 13.0. The van der Waals surface area contributed by atoms with Crippen molar-refractivity contribution < 1.29 is 24.5 Å². The molecule has 0 aliphatic heterocycles. The van der Waals surface area contributed by atoms with Crippen LogP contribution in [0.1, 0.15) is 25.6 Å². The summed E-state index contributed by atoms with van der Waals surface area (Å²) in [6, 6.07) is 4.32. The Morgan fingerprint density at radius 3 is 2.59 bits per heavy atom. The van der Waals surface area contributed by atoms with Gasteiger partial charge < -0.3 is 20.2 Å². The molecule has 1 aromatic heterocycles. The van der Waals surface area contributed by atoms with Gasteiger partial charge in [0, 0.05) is 12.1 Å². The highest BCUT2D eigenvalue weighted by Gasteiger charge is 2.32. The fourth-order valence-electron chi connectivity index (χ4n) is 1.26. The fraction of sp³-hybridized carbons (Fsp3) is 0.455. The van der Waals surface area contributed by atoms with Gasteiger partial charge in [-0.05, 0) is 19.9 Å². The van der Waals surface area contributed by atoms with Crippen LogP contribution in [-0.2, 0) is 9.53 Å². The van der Waals surface area contributed by atoms with Crippen LogP contribution in [0.2, 0.25) is 0 Å². The average molecular weight is 241 g/mol. The highest BCUT2D eigenvalue weighted by molar-refractivity contribution is 5.75. The minimum Gasteiger partial charge on any atom is -0.618 e. The third kappa shape index (κ3) is 3.40. The molecule has 1 heterocycles. The summed E-state index contributed by atoms with van der Waals surface area (Å²) in [5.41, 5.74) is -0.110. The molecule has 0 unspecified atom stereocenters. The zero-order valence-corrected chi connectivity index (χ0v) is 9.61. The highest BCUT2D eigenvalue weighted by Crippen LogP contribution is 2.14. The molecule has 0 spiro atoms. The molecule has 0 radical (unpaired) electrons. The second kappa shape index (κ2) is 5.60. The van der Waals surface area contributed by atoms with Gasteiger partial charge in [0.15, 0.2) is 18.4 Å². The van der Waals surface area contributed by atoms with Gasteiger partial charge in [-0.15, -0.1) is 0 Å². The Morgan fingerprint density at radius 2 is 2.06 bits per heavy atom. The summed E-state index contributed by atoms with van der Waals surface area (Å²) < 4.78 is 5.12. The van der Waals surface area contributed by atoms with E-state index in [2.05, 4.69) is 0 Å². The Bertz CT molecular complexity index is 393. The summed E-state index contributed by atoms with van der Waals surface area (Å²) in [7, 11) is 0. The van der Waals surface area contributed by atoms with Crippen LogP contribution < -0.4 is 4.73 Å². The van der Waals surface area contributed by atoms with E-state index >= 15 is 0 Å². The number of aromatic nitrogens is 1. The topological polar surface area (TPSA) is 93.7 Å². The van der Waals surface area contributed by atoms with Crippen molar-refractivity contribution in [3.63, 3.8) is 0 Å². The summed E-state index contributed by atoms with van der Waals surface area (Å²) >= 11 is 0. The molecule has 2 N–H and O–H groups in total. The molecule has 0 amide bonds. The summed E-state index contributed by atoms with van der Waals surface area (Å²) in [5, 5.41) is 30.5. The number of nitrogens with zero attached hydrogens (tertiary/aromatic N) is 1. The molecule has 1 rings (SSSR count). The molecule has 0 saturated heterocycles. The van der Waals surface area contributed by atoms with Gasteiger partial charge in [0.2, 0.25) is 5.69 Å². The molecule has 0 aromatic carbocycles. The maximum atomic E-state index is 11.3. The summed E-state index contributed by atoms with van der Waals surface area (Å²) in [6.07, 6.45) is -2.63. The van der Waals surface area contributed by atoms with Crippen LogP contribution in [0.4, 0.5) is 0 Å². The van der Waals surface area contributed by atoms with Crippen molar-refractivity contribution in [3.8, 4) is 0 Å². The number of esters is 1. The summed E-state index contributed by atoms with van der Waals surface area (Å²) in [6.45, 7) is 3.24. The first kappa shape index (κ1) is 13.4. The van der Waals surface area contributed by atoms with Crippen LogP contribution in [0.5, 0.6) is 0 Å². The van der Waals surface area contributed by atoms with Crippen molar-refractivity contribution in [2.75, 3.05) is 0 Å². The van der Waals surface area contributed by atoms with Crippen molar-refractivity contribution >= 4 is 5.97 Å². The Balaban J connectivity index is 2.80. The standard InChI is InChI=1S/C11H15NO5/c1-7(2)17-11(15)10(14)9(13)8-5-3-4-6-12(8)16/h3-7,9-10,13-14H,1-2H3/t9-,10+/m0/s1. The number of pyridine rings is 1. The summed E-state index contributed by atoms with van der Waals surface area (Å²) in [5.74, 6) is -0.962. The number of hydrogen-bond donors (Lipinski definition) is 2. The maximum absolute atomic E-state index is 11.3. The molecule has 0 fully saturated rings. The van der Waals surface area contributed by atoms with Crippen LogP contribution >= 0.6 is 0 Å². The van der Waals surface area contributed by atoms with Gasteiger partial charge in [-0.25, -0.2) is 4.79 Å². The highest BCUT2D eigenvalue weighted by atomic mass is 16.6. The lowest BCUT2D eigenvalue weighted by Crippen LogP contribution is -2.39. The Morgan fingerprint density at radius 1 is 1.41 bits per heavy atom. The minimum atomic E-state index is -1.78. The Hall–Kier alpha value is -1.66. The summed E-state index contributed by atoms with van der Waals surface area (Å²) in [4.78, 5) is 11.3. The smallest absolute Gasteiger partial charge is 0.338 e. The third-order valence-corrected chi connectivity index (χ3v) is 2.05. The van der Waals surface area contributed by atoms with Gasteiger partial charge in [0.1, 0.15) is 0 Å². The molecule has 2 atom stereocenters. The van der Waals surface area contributed by atoms with Gasteiger partial charge in [0.25, 0.3) is 0 Å². The first-order valence-electron chi connectivity index (χ1n) is 5.18. The average Bonchev–Trinajstić information content (AvgIpc) is 2.27. The molecule has 1 aromatic rings. The van der Waals surface area contributed by atoms with Crippen LogP contribution in [-0.4, -0.2) is 28.4 Å². The largest absolute Gasteiger partial charge is 0.618 e. The zero-order valence-electron chi connectivity index (χ0n) is 9.61. The minimum absolute atomic E-state index is 0.110. The van der Waals surface area contributed by atoms with E-state index < -0.39 is 24.3 Å². The van der Waals surface area contributed by atoms with Crippen LogP contribution in [0.15, 0.2) is 24.4 Å². The Labute approximate surface area is 98.7 Å². The van der Waals surface area contributed by atoms with Gasteiger partial charge in [0.05, 0.1) is 6.10 Å². The first-order chi connectivity index (χ1) is 7.93. The number of hydrogen-bond acceptors (Lipinski definition) is 5. The second-order valence-electron chi connectivity index (χ2n) is 3.83. The molecule has 6 heteroatoms. The molecule has 6 nitrogen and oxygen atoms in total. The van der Waals surface area contributed by atoms with Gasteiger partial charge in [-0.2, -0.15) is 4.73 Å². The maximum Gasteiger partial charge on any atom is 0.338 e. The number of aliphatic hydroxyl groups is 2. The van der Waals surface area contributed by atoms with E-state index in [-0.39, 0.29) is 5.69 Å². The predicted molar refractivity (Wildman–Crippen MR) is 57.6 cm³/mol. The lowest BCUT2D eigenvalue weighted by Gasteiger charge is -2.17. The third-order valence-electron chi connectivity index (χ3n) is 2.05. The lowest BCUT2D eigenvalue weighted by atomic mass is 10.1. The number of rotatable bonds is 4.